The van der Waals surface area contributed by atoms with Gasteiger partial charge in [-0.1, -0.05) is 11.8 Å². The van der Waals surface area contributed by atoms with Gasteiger partial charge in [0.1, 0.15) is 0 Å². The zero-order valence-corrected chi connectivity index (χ0v) is 12.1. The van der Waals surface area contributed by atoms with Crippen LogP contribution in [0.25, 0.3) is 11.0 Å². The second-order valence-corrected chi connectivity index (χ2v) is 4.77. The third-order valence-corrected chi connectivity index (χ3v) is 3.01. The summed E-state index contributed by atoms with van der Waals surface area (Å²) in [6.45, 7) is 4.30. The summed E-state index contributed by atoms with van der Waals surface area (Å²) >= 11 is 1.21. The first-order valence-electron chi connectivity index (χ1n) is 5.74. The molecule has 0 atom stereocenters. The van der Waals surface area contributed by atoms with Gasteiger partial charge < -0.3 is 14.5 Å². The van der Waals surface area contributed by atoms with E-state index >= 15 is 0 Å². The van der Waals surface area contributed by atoms with Crippen LogP contribution in [0.2, 0.25) is 0 Å². The molecular formula is C13H13N2O4S. The number of imidazole rings is 1. The van der Waals surface area contributed by atoms with E-state index < -0.39 is 11.9 Å². The number of carbonyl (C=O) groups excluding carboxylic acids is 2. The fourth-order valence-corrected chi connectivity index (χ4v) is 2.15. The first kappa shape index (κ1) is 14.4. The fourth-order valence-electron chi connectivity index (χ4n) is 1.81. The molecule has 7 heteroatoms. The molecule has 2 aromatic rings. The Balaban J connectivity index is 2.66. The maximum atomic E-state index is 11.2. The lowest BCUT2D eigenvalue weighted by Crippen LogP contribution is -2.08. The third kappa shape index (κ3) is 2.77. The Hall–Kier alpha value is -2.02. The van der Waals surface area contributed by atoms with Gasteiger partial charge in [0, 0.05) is 31.7 Å². The van der Waals surface area contributed by atoms with E-state index in [4.69, 9.17) is 9.47 Å². The smallest absolute Gasteiger partial charge is 0.308 e. The molecule has 0 aliphatic heterocycles. The molecule has 0 amide bonds. The predicted molar refractivity (Wildman–Crippen MR) is 74.7 cm³/mol. The van der Waals surface area contributed by atoms with Crippen molar-refractivity contribution in [2.75, 3.05) is 0 Å². The molecule has 1 N–H and O–H groups in total. The molecule has 1 aromatic carbocycles. The van der Waals surface area contributed by atoms with Crippen LogP contribution in [-0.2, 0) is 9.59 Å². The van der Waals surface area contributed by atoms with Crippen molar-refractivity contribution >= 4 is 34.7 Å². The van der Waals surface area contributed by atoms with E-state index in [0.29, 0.717) is 21.8 Å². The van der Waals surface area contributed by atoms with Gasteiger partial charge in [-0.2, -0.15) is 0 Å². The second-order valence-electron chi connectivity index (χ2n) is 4.10. The van der Waals surface area contributed by atoms with E-state index in [-0.39, 0.29) is 11.5 Å². The van der Waals surface area contributed by atoms with Crippen molar-refractivity contribution in [2.45, 2.75) is 25.9 Å². The molecule has 0 unspecified atom stereocenters. The summed E-state index contributed by atoms with van der Waals surface area (Å²) < 4.78 is 10.2. The van der Waals surface area contributed by atoms with Crippen molar-refractivity contribution in [3.63, 3.8) is 0 Å². The molecule has 6 nitrogen and oxygen atoms in total. The molecule has 0 fully saturated rings. The average molecular weight is 293 g/mol. The molecule has 0 bridgehead atoms. The van der Waals surface area contributed by atoms with Crippen LogP contribution in [0.1, 0.15) is 19.4 Å². The number of carbonyl (C=O) groups is 2. The molecule has 0 saturated carbocycles. The Bertz CT molecular complexity index is 693. The summed E-state index contributed by atoms with van der Waals surface area (Å²) in [6, 6.07) is 1.58. The lowest BCUT2D eigenvalue weighted by atomic mass is 10.1. The Morgan fingerprint density at radius 2 is 1.95 bits per heavy atom. The molecule has 20 heavy (non-hydrogen) atoms. The van der Waals surface area contributed by atoms with Crippen molar-refractivity contribution in [3.05, 3.63) is 17.9 Å². The number of rotatable bonds is 3. The van der Waals surface area contributed by atoms with Crippen LogP contribution >= 0.6 is 11.8 Å². The highest BCUT2D eigenvalue weighted by Crippen LogP contribution is 2.37. The number of aromatic nitrogens is 2. The van der Waals surface area contributed by atoms with Crippen molar-refractivity contribution in [1.29, 1.82) is 0 Å². The summed E-state index contributed by atoms with van der Waals surface area (Å²) in [7, 11) is 0. The molecule has 1 radical (unpaired) electrons. The molecule has 0 spiro atoms. The second kappa shape index (κ2) is 5.54. The summed E-state index contributed by atoms with van der Waals surface area (Å²) in [5.74, 6) is -0.610. The van der Waals surface area contributed by atoms with Crippen molar-refractivity contribution in [2.24, 2.45) is 0 Å². The monoisotopic (exact) mass is 293 g/mol. The Kier molecular flexibility index (Phi) is 3.99. The molecule has 0 saturated heterocycles. The normalized spacial score (nSPS) is 10.6. The van der Waals surface area contributed by atoms with E-state index in [2.05, 4.69) is 16.2 Å². The van der Waals surface area contributed by atoms with Crippen molar-refractivity contribution in [3.8, 4) is 11.5 Å². The number of hydrogen-bond donors (Lipinski definition) is 1. The fraction of sp³-hybridized carbons (Fsp3) is 0.231. The first-order chi connectivity index (χ1) is 9.42. The van der Waals surface area contributed by atoms with Gasteiger partial charge in [0.25, 0.3) is 0 Å². The van der Waals surface area contributed by atoms with Gasteiger partial charge in [0.2, 0.25) is 0 Å². The van der Waals surface area contributed by atoms with E-state index in [9.17, 15) is 9.59 Å². The lowest BCUT2D eigenvalue weighted by Gasteiger charge is -2.11. The minimum Gasteiger partial charge on any atom is -0.423 e. The predicted octanol–water partition coefficient (Wildman–Crippen LogP) is 2.61. The summed E-state index contributed by atoms with van der Waals surface area (Å²) in [5, 5.41) is 0.622. The number of nitrogens with one attached hydrogen (secondary N) is 1. The van der Waals surface area contributed by atoms with Crippen molar-refractivity contribution in [1.82, 2.24) is 9.97 Å². The Labute approximate surface area is 119 Å². The van der Waals surface area contributed by atoms with Crippen LogP contribution in [0.3, 0.4) is 0 Å². The van der Waals surface area contributed by atoms with E-state index in [1.165, 1.54) is 25.6 Å². The average Bonchev–Trinajstić information content (AvgIpc) is 2.76. The molecule has 105 valence electrons. The maximum Gasteiger partial charge on any atom is 0.308 e. The minimum atomic E-state index is -0.497. The highest BCUT2D eigenvalue weighted by molar-refractivity contribution is 8.00. The van der Waals surface area contributed by atoms with Crippen molar-refractivity contribution < 1.29 is 19.1 Å². The number of H-pyrrole nitrogens is 1. The number of hydrogen-bond acceptors (Lipinski definition) is 6. The molecule has 2 rings (SSSR count). The van der Waals surface area contributed by atoms with Gasteiger partial charge in [-0.25, -0.2) is 4.98 Å². The van der Waals surface area contributed by atoms with Crippen LogP contribution in [0.5, 0.6) is 11.5 Å². The van der Waals surface area contributed by atoms with Crippen LogP contribution < -0.4 is 9.47 Å². The molecule has 0 aliphatic rings. The summed E-state index contributed by atoms with van der Waals surface area (Å²) in [5.41, 5.74) is 1.94. The number of benzene rings is 1. The molecule has 1 aromatic heterocycles. The lowest BCUT2D eigenvalue weighted by molar-refractivity contribution is -0.134. The van der Waals surface area contributed by atoms with Gasteiger partial charge in [-0.15, -0.1) is 0 Å². The Morgan fingerprint density at radius 1 is 1.30 bits per heavy atom. The summed E-state index contributed by atoms with van der Waals surface area (Å²) in [4.78, 5) is 29.7. The zero-order valence-electron chi connectivity index (χ0n) is 11.3. The van der Waals surface area contributed by atoms with Crippen LogP contribution in [0.4, 0.5) is 0 Å². The van der Waals surface area contributed by atoms with Crippen LogP contribution in [0.15, 0.2) is 11.2 Å². The van der Waals surface area contributed by atoms with Gasteiger partial charge in [-0.3, -0.25) is 9.59 Å². The van der Waals surface area contributed by atoms with Gasteiger partial charge >= 0.3 is 11.9 Å². The van der Waals surface area contributed by atoms with Gasteiger partial charge in [0.05, 0.1) is 11.0 Å². The number of fused-ring (bicyclic) bond motifs is 1. The number of esters is 2. The number of nitrogens with zero attached hydrogens (tertiary/aromatic N) is 1. The number of thioether (sulfide) groups is 1. The third-order valence-electron chi connectivity index (χ3n) is 2.54. The highest BCUT2D eigenvalue weighted by Gasteiger charge is 2.19. The van der Waals surface area contributed by atoms with E-state index in [1.54, 1.807) is 13.0 Å². The van der Waals surface area contributed by atoms with E-state index in [1.807, 2.05) is 0 Å². The topological polar surface area (TPSA) is 81.3 Å². The quantitative estimate of drug-likeness (QED) is 0.532. The van der Waals surface area contributed by atoms with Crippen LogP contribution in [0, 0.1) is 13.2 Å². The minimum absolute atomic E-state index is 0.182. The molecular weight excluding hydrogens is 280 g/mol. The highest BCUT2D eigenvalue weighted by atomic mass is 32.2. The summed E-state index contributed by atoms with van der Waals surface area (Å²) in [6.07, 6.45) is 3.67. The largest absolute Gasteiger partial charge is 0.423 e. The first-order valence-corrected chi connectivity index (χ1v) is 6.73. The zero-order chi connectivity index (χ0) is 14.9. The van der Waals surface area contributed by atoms with Crippen LogP contribution in [-0.4, -0.2) is 21.9 Å². The van der Waals surface area contributed by atoms with E-state index in [0.717, 1.165) is 0 Å². The van der Waals surface area contributed by atoms with Gasteiger partial charge in [-0.05, 0) is 6.92 Å². The Morgan fingerprint density at radius 3 is 2.50 bits per heavy atom. The van der Waals surface area contributed by atoms with Gasteiger partial charge in [0.15, 0.2) is 16.7 Å². The maximum absolute atomic E-state index is 11.2. The number of aryl methyl sites for hydroxylation is 1. The number of aromatic amines is 1. The SMILES string of the molecule is [CH2]Sc1nc2c(C)c(OC(C)=O)c(OC(C)=O)cc2[nH]1. The molecule has 1 heterocycles. The number of ether oxygens (including phenoxy) is 2. The molecule has 0 aliphatic carbocycles. The standard InChI is InChI=1S/C13H13N2O4S/c1-6-11-9(14-13(15-11)20-4)5-10(18-7(2)16)12(6)19-8(3)17/h5H,4H2,1-3H3,(H,14,15).